The largest absolute Gasteiger partial charge is 0.507 e. The molecule has 0 saturated carbocycles. The van der Waals surface area contributed by atoms with Crippen molar-refractivity contribution in [2.24, 2.45) is 10.7 Å². The molecule has 0 aliphatic carbocycles. The number of nitrogens with two attached hydrogens (primary N) is 1. The summed E-state index contributed by atoms with van der Waals surface area (Å²) in [6.07, 6.45) is 0. The van der Waals surface area contributed by atoms with Crippen LogP contribution in [0.5, 0.6) is 5.75 Å². The van der Waals surface area contributed by atoms with Crippen LogP contribution in [0.1, 0.15) is 30.5 Å². The lowest BCUT2D eigenvalue weighted by molar-refractivity contribution is 0.467. The Morgan fingerprint density at radius 1 is 1.27 bits per heavy atom. The molecule has 0 spiro atoms. The van der Waals surface area contributed by atoms with E-state index < -0.39 is 0 Å². The number of aromatic hydroxyl groups is 1. The number of hydrogen-bond donors (Lipinski definition) is 2. The molecule has 0 heterocycles. The van der Waals surface area contributed by atoms with Crippen LogP contribution >= 0.6 is 0 Å². The number of phenols is 1. The van der Waals surface area contributed by atoms with Gasteiger partial charge in [-0.05, 0) is 51.0 Å². The number of rotatable bonds is 2. The van der Waals surface area contributed by atoms with E-state index in [0.29, 0.717) is 11.6 Å². The number of benzene rings is 1. The van der Waals surface area contributed by atoms with Crippen molar-refractivity contribution in [3.8, 4) is 5.75 Å². The Labute approximate surface area is 90.7 Å². The summed E-state index contributed by atoms with van der Waals surface area (Å²) in [6, 6.07) is 3.88. The predicted molar refractivity (Wildman–Crippen MR) is 63.4 cm³/mol. The Kier molecular flexibility index (Phi) is 3.35. The van der Waals surface area contributed by atoms with Crippen molar-refractivity contribution in [1.82, 2.24) is 0 Å². The van der Waals surface area contributed by atoms with Crippen molar-refractivity contribution in [3.05, 3.63) is 28.8 Å². The number of nitrogens with zero attached hydrogens (tertiary/aromatic N) is 1. The van der Waals surface area contributed by atoms with Crippen LogP contribution in [0.4, 0.5) is 0 Å². The van der Waals surface area contributed by atoms with Crippen molar-refractivity contribution in [3.63, 3.8) is 0 Å². The molecule has 1 aromatic carbocycles. The Bertz CT molecular complexity index is 372. The molecule has 1 aromatic rings. The molecule has 0 unspecified atom stereocenters. The van der Waals surface area contributed by atoms with E-state index in [-0.39, 0.29) is 6.04 Å². The molecule has 15 heavy (non-hydrogen) atoms. The zero-order valence-electron chi connectivity index (χ0n) is 9.70. The first kappa shape index (κ1) is 11.6. The van der Waals surface area contributed by atoms with Crippen molar-refractivity contribution in [1.29, 1.82) is 0 Å². The van der Waals surface area contributed by atoms with E-state index in [1.165, 1.54) is 0 Å². The first-order valence-electron chi connectivity index (χ1n) is 5.05. The zero-order chi connectivity index (χ0) is 11.6. The van der Waals surface area contributed by atoms with Gasteiger partial charge in [-0.3, -0.25) is 4.99 Å². The smallest absolute Gasteiger partial charge is 0.125 e. The van der Waals surface area contributed by atoms with Gasteiger partial charge in [0.25, 0.3) is 0 Å². The van der Waals surface area contributed by atoms with Crippen LogP contribution in [0.3, 0.4) is 0 Å². The quantitative estimate of drug-likeness (QED) is 0.575. The third-order valence-corrected chi connectivity index (χ3v) is 2.18. The maximum Gasteiger partial charge on any atom is 0.125 e. The monoisotopic (exact) mass is 206 g/mol. The van der Waals surface area contributed by atoms with Crippen LogP contribution in [0.15, 0.2) is 17.1 Å². The lowest BCUT2D eigenvalue weighted by Crippen LogP contribution is -2.16. The second kappa shape index (κ2) is 4.34. The van der Waals surface area contributed by atoms with E-state index in [1.807, 2.05) is 39.8 Å². The molecule has 0 aliphatic rings. The van der Waals surface area contributed by atoms with Crippen LogP contribution < -0.4 is 5.73 Å². The molecule has 3 nitrogen and oxygen atoms in total. The SMILES string of the molecule is Cc1cc(C(N)=NC(C)C)cc(C)c1O. The van der Waals surface area contributed by atoms with E-state index in [9.17, 15) is 5.11 Å². The Morgan fingerprint density at radius 3 is 2.13 bits per heavy atom. The molecular formula is C12H18N2O. The number of amidine groups is 1. The highest BCUT2D eigenvalue weighted by Crippen LogP contribution is 2.22. The van der Waals surface area contributed by atoms with Gasteiger partial charge in [-0.1, -0.05) is 0 Å². The minimum Gasteiger partial charge on any atom is -0.507 e. The van der Waals surface area contributed by atoms with E-state index in [0.717, 1.165) is 16.7 Å². The summed E-state index contributed by atoms with van der Waals surface area (Å²) in [4.78, 5) is 4.27. The van der Waals surface area contributed by atoms with Crippen molar-refractivity contribution >= 4 is 5.84 Å². The molecule has 0 saturated heterocycles. The first-order chi connectivity index (χ1) is 6.91. The highest BCUT2D eigenvalue weighted by atomic mass is 16.3. The third kappa shape index (κ3) is 2.72. The molecule has 82 valence electrons. The fourth-order valence-corrected chi connectivity index (χ4v) is 1.46. The molecule has 3 heteroatoms. The van der Waals surface area contributed by atoms with E-state index in [2.05, 4.69) is 4.99 Å². The maximum atomic E-state index is 9.61. The van der Waals surface area contributed by atoms with Crippen LogP contribution in [0.2, 0.25) is 0 Å². The molecule has 1 rings (SSSR count). The molecule has 0 radical (unpaired) electrons. The van der Waals surface area contributed by atoms with Crippen LogP contribution in [0, 0.1) is 13.8 Å². The van der Waals surface area contributed by atoms with Crippen LogP contribution in [0.25, 0.3) is 0 Å². The Morgan fingerprint density at radius 2 is 1.73 bits per heavy atom. The Hall–Kier alpha value is -1.51. The first-order valence-corrected chi connectivity index (χ1v) is 5.05. The van der Waals surface area contributed by atoms with E-state index in [1.54, 1.807) is 0 Å². The summed E-state index contributed by atoms with van der Waals surface area (Å²) in [7, 11) is 0. The zero-order valence-corrected chi connectivity index (χ0v) is 9.70. The van der Waals surface area contributed by atoms with Gasteiger partial charge in [0.05, 0.1) is 0 Å². The number of phenolic OH excluding ortho intramolecular Hbond substituents is 1. The van der Waals surface area contributed by atoms with Gasteiger partial charge in [-0.25, -0.2) is 0 Å². The van der Waals surface area contributed by atoms with Gasteiger partial charge in [0.2, 0.25) is 0 Å². The lowest BCUT2D eigenvalue weighted by atomic mass is 10.1. The number of hydrogen-bond acceptors (Lipinski definition) is 2. The van der Waals surface area contributed by atoms with E-state index in [4.69, 9.17) is 5.73 Å². The fourth-order valence-electron chi connectivity index (χ4n) is 1.46. The summed E-state index contributed by atoms with van der Waals surface area (Å²) in [6.45, 7) is 7.67. The van der Waals surface area contributed by atoms with Crippen molar-refractivity contribution in [2.45, 2.75) is 33.7 Å². The highest BCUT2D eigenvalue weighted by Gasteiger charge is 2.06. The summed E-state index contributed by atoms with van der Waals surface area (Å²) < 4.78 is 0. The van der Waals surface area contributed by atoms with Gasteiger partial charge in [0.1, 0.15) is 11.6 Å². The molecule has 0 bridgehead atoms. The molecule has 0 aliphatic heterocycles. The van der Waals surface area contributed by atoms with Gasteiger partial charge in [0, 0.05) is 11.6 Å². The fraction of sp³-hybridized carbons (Fsp3) is 0.417. The molecule has 3 N–H and O–H groups in total. The topological polar surface area (TPSA) is 58.6 Å². The highest BCUT2D eigenvalue weighted by molar-refractivity contribution is 5.98. The molecule has 0 atom stereocenters. The summed E-state index contributed by atoms with van der Waals surface area (Å²) in [5.41, 5.74) is 8.38. The van der Waals surface area contributed by atoms with Crippen LogP contribution in [-0.4, -0.2) is 17.0 Å². The minimum absolute atomic E-state index is 0.180. The van der Waals surface area contributed by atoms with Gasteiger partial charge in [-0.2, -0.15) is 0 Å². The van der Waals surface area contributed by atoms with E-state index >= 15 is 0 Å². The third-order valence-electron chi connectivity index (χ3n) is 2.18. The number of aliphatic imine (C=N–C) groups is 1. The van der Waals surface area contributed by atoms with Gasteiger partial charge < -0.3 is 10.8 Å². The van der Waals surface area contributed by atoms with Crippen molar-refractivity contribution in [2.75, 3.05) is 0 Å². The predicted octanol–water partition coefficient (Wildman–Crippen LogP) is 2.12. The second-order valence-electron chi connectivity index (χ2n) is 4.07. The van der Waals surface area contributed by atoms with Crippen molar-refractivity contribution < 1.29 is 5.11 Å². The van der Waals surface area contributed by atoms with Crippen LogP contribution in [-0.2, 0) is 0 Å². The Balaban J connectivity index is 3.17. The summed E-state index contributed by atoms with van der Waals surface area (Å²) in [5.74, 6) is 0.854. The number of aryl methyl sites for hydroxylation is 2. The summed E-state index contributed by atoms with van der Waals surface area (Å²) in [5, 5.41) is 9.61. The molecular weight excluding hydrogens is 188 g/mol. The normalized spacial score (nSPS) is 12.2. The molecule has 0 amide bonds. The molecule has 0 aromatic heterocycles. The van der Waals surface area contributed by atoms with Gasteiger partial charge in [-0.15, -0.1) is 0 Å². The molecule has 0 fully saturated rings. The second-order valence-corrected chi connectivity index (χ2v) is 4.07. The van der Waals surface area contributed by atoms with Gasteiger partial charge in [0.15, 0.2) is 0 Å². The standard InChI is InChI=1S/C12H18N2O/c1-7(2)14-12(13)10-5-8(3)11(15)9(4)6-10/h5-7,15H,1-4H3,(H2,13,14). The lowest BCUT2D eigenvalue weighted by Gasteiger charge is -2.08. The summed E-state index contributed by atoms with van der Waals surface area (Å²) >= 11 is 0. The average molecular weight is 206 g/mol. The average Bonchev–Trinajstić information content (AvgIpc) is 2.12. The minimum atomic E-state index is 0.180. The maximum absolute atomic E-state index is 9.61. The van der Waals surface area contributed by atoms with Gasteiger partial charge >= 0.3 is 0 Å².